The molecule has 0 aromatic heterocycles. The van der Waals surface area contributed by atoms with Crippen LogP contribution in [0.1, 0.15) is 6.42 Å². The van der Waals surface area contributed by atoms with Crippen molar-refractivity contribution in [3.8, 4) is 0 Å². The third-order valence-corrected chi connectivity index (χ3v) is 3.17. The summed E-state index contributed by atoms with van der Waals surface area (Å²) in [5, 5.41) is 3.35. The van der Waals surface area contributed by atoms with Gasteiger partial charge in [-0.25, -0.2) is 0 Å². The molecule has 16 heavy (non-hydrogen) atoms. The van der Waals surface area contributed by atoms with Gasteiger partial charge in [0.05, 0.1) is 17.1 Å². The summed E-state index contributed by atoms with van der Waals surface area (Å²) in [6, 6.07) is 8.01. The van der Waals surface area contributed by atoms with Gasteiger partial charge < -0.3 is 10.2 Å². The highest BCUT2D eigenvalue weighted by atomic mass is 32.2. The number of anilines is 2. The molecular weight excluding hydrogens is 220 g/mol. The summed E-state index contributed by atoms with van der Waals surface area (Å²) >= 11 is 1.57. The van der Waals surface area contributed by atoms with Crippen LogP contribution < -0.4 is 10.2 Å². The average molecular weight is 236 g/mol. The van der Waals surface area contributed by atoms with Gasteiger partial charge in [0.15, 0.2) is 0 Å². The number of fused-ring (bicyclic) bond motifs is 1. The molecular formula is C12H16N2OS. The summed E-state index contributed by atoms with van der Waals surface area (Å²) in [5.74, 6) is 0.748. The minimum atomic E-state index is 0.198. The lowest BCUT2D eigenvalue weighted by Gasteiger charge is -2.21. The number of para-hydroxylation sites is 2. The molecule has 1 amide bonds. The third-order valence-electron chi connectivity index (χ3n) is 2.64. The van der Waals surface area contributed by atoms with E-state index < -0.39 is 0 Å². The number of rotatable bonds is 2. The van der Waals surface area contributed by atoms with E-state index >= 15 is 0 Å². The van der Waals surface area contributed by atoms with Gasteiger partial charge in [0.25, 0.3) is 0 Å². The highest BCUT2D eigenvalue weighted by Crippen LogP contribution is 2.28. The summed E-state index contributed by atoms with van der Waals surface area (Å²) in [6.45, 7) is 1.74. The first-order chi connectivity index (χ1) is 7.83. The second-order valence-electron chi connectivity index (χ2n) is 3.78. The Kier molecular flexibility index (Phi) is 3.72. The van der Waals surface area contributed by atoms with Crippen LogP contribution in [-0.2, 0) is 4.79 Å². The Bertz CT molecular complexity index is 381. The molecule has 1 N–H and O–H groups in total. The van der Waals surface area contributed by atoms with E-state index in [1.807, 2.05) is 35.4 Å². The smallest absolute Gasteiger partial charge is 0.237 e. The summed E-state index contributed by atoms with van der Waals surface area (Å²) in [7, 11) is 0. The quantitative estimate of drug-likeness (QED) is 0.854. The SMILES string of the molecule is CSCC(=O)N1CCCNc2ccccc21. The van der Waals surface area contributed by atoms with Crippen LogP contribution in [0.5, 0.6) is 0 Å². The molecule has 0 saturated heterocycles. The monoisotopic (exact) mass is 236 g/mol. The maximum Gasteiger partial charge on any atom is 0.237 e. The first kappa shape index (κ1) is 11.3. The standard InChI is InChI=1S/C12H16N2OS/c1-16-9-12(15)14-8-4-7-13-10-5-2-3-6-11(10)14/h2-3,5-6,13H,4,7-9H2,1H3. The minimum absolute atomic E-state index is 0.198. The fourth-order valence-electron chi connectivity index (χ4n) is 1.90. The minimum Gasteiger partial charge on any atom is -0.383 e. The molecule has 4 heteroatoms. The molecule has 0 saturated carbocycles. The van der Waals surface area contributed by atoms with Gasteiger partial charge in [0.2, 0.25) is 5.91 Å². The number of thioether (sulfide) groups is 1. The topological polar surface area (TPSA) is 32.3 Å². The maximum atomic E-state index is 12.0. The second kappa shape index (κ2) is 5.25. The van der Waals surface area contributed by atoms with Gasteiger partial charge in [-0.2, -0.15) is 11.8 Å². The van der Waals surface area contributed by atoms with Crippen LogP contribution in [0.3, 0.4) is 0 Å². The van der Waals surface area contributed by atoms with Crippen LogP contribution >= 0.6 is 11.8 Å². The van der Waals surface area contributed by atoms with Gasteiger partial charge >= 0.3 is 0 Å². The van der Waals surface area contributed by atoms with Crippen molar-refractivity contribution >= 4 is 29.0 Å². The number of hydrogen-bond acceptors (Lipinski definition) is 3. The van der Waals surface area contributed by atoms with Gasteiger partial charge in [-0.3, -0.25) is 4.79 Å². The van der Waals surface area contributed by atoms with Gasteiger partial charge in [-0.1, -0.05) is 12.1 Å². The van der Waals surface area contributed by atoms with E-state index in [-0.39, 0.29) is 5.91 Å². The molecule has 1 aromatic rings. The fourth-order valence-corrected chi connectivity index (χ4v) is 2.30. The number of hydrogen-bond donors (Lipinski definition) is 1. The molecule has 0 aliphatic carbocycles. The van der Waals surface area contributed by atoms with E-state index in [9.17, 15) is 4.79 Å². The van der Waals surface area contributed by atoms with Crippen LogP contribution in [-0.4, -0.2) is 31.0 Å². The highest BCUT2D eigenvalue weighted by molar-refractivity contribution is 7.99. The largest absolute Gasteiger partial charge is 0.383 e. The lowest BCUT2D eigenvalue weighted by atomic mass is 10.2. The number of carbonyl (C=O) groups is 1. The molecule has 0 bridgehead atoms. The Balaban J connectivity index is 2.28. The molecule has 1 aromatic carbocycles. The Morgan fingerprint density at radius 2 is 2.31 bits per heavy atom. The van der Waals surface area contributed by atoms with Crippen molar-refractivity contribution in [3.63, 3.8) is 0 Å². The molecule has 2 rings (SSSR count). The number of amides is 1. The van der Waals surface area contributed by atoms with Crippen molar-refractivity contribution in [1.29, 1.82) is 0 Å². The fraction of sp³-hybridized carbons (Fsp3) is 0.417. The van der Waals surface area contributed by atoms with Crippen molar-refractivity contribution < 1.29 is 4.79 Å². The molecule has 0 unspecified atom stereocenters. The number of carbonyl (C=O) groups excluding carboxylic acids is 1. The van der Waals surface area contributed by atoms with E-state index in [0.29, 0.717) is 5.75 Å². The zero-order chi connectivity index (χ0) is 11.4. The van der Waals surface area contributed by atoms with Crippen LogP contribution in [0.25, 0.3) is 0 Å². The molecule has 3 nitrogen and oxygen atoms in total. The number of nitrogens with one attached hydrogen (secondary N) is 1. The van der Waals surface area contributed by atoms with Gasteiger partial charge in [0, 0.05) is 13.1 Å². The predicted octanol–water partition coefficient (Wildman–Crippen LogP) is 2.20. The summed E-state index contributed by atoms with van der Waals surface area (Å²) in [4.78, 5) is 13.9. The van der Waals surface area contributed by atoms with Crippen molar-refractivity contribution in [2.45, 2.75) is 6.42 Å². The van der Waals surface area contributed by atoms with Gasteiger partial charge in [-0.05, 0) is 24.8 Å². The molecule has 0 fully saturated rings. The van der Waals surface area contributed by atoms with Crippen LogP contribution in [0.2, 0.25) is 0 Å². The average Bonchev–Trinajstić information content (AvgIpc) is 2.51. The highest BCUT2D eigenvalue weighted by Gasteiger charge is 2.19. The lowest BCUT2D eigenvalue weighted by Crippen LogP contribution is -2.32. The first-order valence-electron chi connectivity index (χ1n) is 5.45. The lowest BCUT2D eigenvalue weighted by molar-refractivity contribution is -0.116. The van der Waals surface area contributed by atoms with E-state index in [1.165, 1.54) is 0 Å². The predicted molar refractivity (Wildman–Crippen MR) is 70.3 cm³/mol. The normalized spacial score (nSPS) is 14.9. The van der Waals surface area contributed by atoms with E-state index in [1.54, 1.807) is 11.8 Å². The number of nitrogens with zero attached hydrogens (tertiary/aromatic N) is 1. The molecule has 0 atom stereocenters. The molecule has 1 aliphatic rings. The molecule has 0 radical (unpaired) electrons. The summed E-state index contributed by atoms with van der Waals surface area (Å²) in [5.41, 5.74) is 2.08. The summed E-state index contributed by atoms with van der Waals surface area (Å²) < 4.78 is 0. The molecule has 1 heterocycles. The van der Waals surface area contributed by atoms with E-state index in [2.05, 4.69) is 5.32 Å². The van der Waals surface area contributed by atoms with Crippen LogP contribution in [0.15, 0.2) is 24.3 Å². The number of benzene rings is 1. The van der Waals surface area contributed by atoms with E-state index in [0.717, 1.165) is 30.9 Å². The zero-order valence-corrected chi connectivity index (χ0v) is 10.2. The van der Waals surface area contributed by atoms with Crippen molar-refractivity contribution in [2.75, 3.05) is 35.3 Å². The van der Waals surface area contributed by atoms with Crippen molar-refractivity contribution in [3.05, 3.63) is 24.3 Å². The van der Waals surface area contributed by atoms with E-state index in [4.69, 9.17) is 0 Å². The molecule has 86 valence electrons. The third kappa shape index (κ3) is 2.32. The van der Waals surface area contributed by atoms with Crippen molar-refractivity contribution in [2.24, 2.45) is 0 Å². The Labute approximate surface area is 100 Å². The first-order valence-corrected chi connectivity index (χ1v) is 6.84. The van der Waals surface area contributed by atoms with Gasteiger partial charge in [0.1, 0.15) is 0 Å². The van der Waals surface area contributed by atoms with Gasteiger partial charge in [-0.15, -0.1) is 0 Å². The summed E-state index contributed by atoms with van der Waals surface area (Å²) in [6.07, 6.45) is 2.95. The maximum absolute atomic E-state index is 12.0. The molecule has 1 aliphatic heterocycles. The Morgan fingerprint density at radius 3 is 3.12 bits per heavy atom. The van der Waals surface area contributed by atoms with Crippen LogP contribution in [0.4, 0.5) is 11.4 Å². The second-order valence-corrected chi connectivity index (χ2v) is 4.64. The Hall–Kier alpha value is -1.16. The van der Waals surface area contributed by atoms with Crippen LogP contribution in [0, 0.1) is 0 Å². The zero-order valence-electron chi connectivity index (χ0n) is 9.40. The Morgan fingerprint density at radius 1 is 1.50 bits per heavy atom. The van der Waals surface area contributed by atoms with Crippen molar-refractivity contribution in [1.82, 2.24) is 0 Å². The molecule has 0 spiro atoms.